The molecular weight excluding hydrogens is 186 g/mol. The second-order valence-electron chi connectivity index (χ2n) is 3.63. The fourth-order valence-electron chi connectivity index (χ4n) is 1.65. The SMILES string of the molecule is COCC(CO)NC1CCC1C(=O)O. The van der Waals surface area contributed by atoms with Crippen molar-refractivity contribution in [3.63, 3.8) is 0 Å². The van der Waals surface area contributed by atoms with E-state index in [0.29, 0.717) is 6.61 Å². The largest absolute Gasteiger partial charge is 0.481 e. The van der Waals surface area contributed by atoms with E-state index in [9.17, 15) is 4.79 Å². The van der Waals surface area contributed by atoms with Gasteiger partial charge in [0.2, 0.25) is 0 Å². The van der Waals surface area contributed by atoms with Crippen LogP contribution in [0.1, 0.15) is 12.8 Å². The molecule has 0 aromatic carbocycles. The van der Waals surface area contributed by atoms with E-state index in [-0.39, 0.29) is 24.6 Å². The Morgan fingerprint density at radius 2 is 2.36 bits per heavy atom. The van der Waals surface area contributed by atoms with Gasteiger partial charge in [0.15, 0.2) is 0 Å². The molecule has 0 heterocycles. The summed E-state index contributed by atoms with van der Waals surface area (Å²) >= 11 is 0. The van der Waals surface area contributed by atoms with Crippen molar-refractivity contribution < 1.29 is 19.7 Å². The molecule has 0 spiro atoms. The highest BCUT2D eigenvalue weighted by atomic mass is 16.5. The average molecular weight is 203 g/mol. The number of ether oxygens (including phenoxy) is 1. The summed E-state index contributed by atoms with van der Waals surface area (Å²) in [6.45, 7) is 0.371. The van der Waals surface area contributed by atoms with Gasteiger partial charge in [0.25, 0.3) is 0 Å². The molecule has 1 aliphatic carbocycles. The number of carbonyl (C=O) groups is 1. The van der Waals surface area contributed by atoms with Gasteiger partial charge in [-0.2, -0.15) is 0 Å². The van der Waals surface area contributed by atoms with Crippen LogP contribution >= 0.6 is 0 Å². The van der Waals surface area contributed by atoms with Crippen LogP contribution < -0.4 is 5.32 Å². The summed E-state index contributed by atoms with van der Waals surface area (Å²) in [5.41, 5.74) is 0. The molecule has 3 N–H and O–H groups in total. The lowest BCUT2D eigenvalue weighted by Gasteiger charge is -2.36. The summed E-state index contributed by atoms with van der Waals surface area (Å²) in [5.74, 6) is -1.07. The van der Waals surface area contributed by atoms with Crippen LogP contribution in [0.25, 0.3) is 0 Å². The first kappa shape index (κ1) is 11.4. The summed E-state index contributed by atoms with van der Waals surface area (Å²) < 4.78 is 4.89. The predicted octanol–water partition coefficient (Wildman–Crippen LogP) is -0.553. The first-order chi connectivity index (χ1) is 6.69. The van der Waals surface area contributed by atoms with Crippen molar-refractivity contribution >= 4 is 5.97 Å². The number of aliphatic hydroxyl groups excluding tert-OH is 1. The first-order valence-corrected chi connectivity index (χ1v) is 4.77. The van der Waals surface area contributed by atoms with E-state index in [1.807, 2.05) is 0 Å². The van der Waals surface area contributed by atoms with Gasteiger partial charge in [0, 0.05) is 13.2 Å². The van der Waals surface area contributed by atoms with Gasteiger partial charge in [-0.3, -0.25) is 4.79 Å². The Morgan fingerprint density at radius 3 is 2.71 bits per heavy atom. The van der Waals surface area contributed by atoms with Gasteiger partial charge in [-0.05, 0) is 12.8 Å². The predicted molar refractivity (Wildman–Crippen MR) is 50.0 cm³/mol. The molecule has 5 heteroatoms. The van der Waals surface area contributed by atoms with E-state index >= 15 is 0 Å². The van der Waals surface area contributed by atoms with Gasteiger partial charge in [-0.15, -0.1) is 0 Å². The zero-order chi connectivity index (χ0) is 10.6. The van der Waals surface area contributed by atoms with E-state index in [4.69, 9.17) is 14.9 Å². The molecule has 14 heavy (non-hydrogen) atoms. The molecule has 0 saturated heterocycles. The Kier molecular flexibility index (Phi) is 4.31. The molecule has 82 valence electrons. The van der Waals surface area contributed by atoms with Crippen LogP contribution in [0.3, 0.4) is 0 Å². The lowest BCUT2D eigenvalue weighted by Crippen LogP contribution is -2.53. The van der Waals surface area contributed by atoms with Gasteiger partial charge >= 0.3 is 5.97 Å². The molecule has 1 fully saturated rings. The Balaban J connectivity index is 2.32. The maximum Gasteiger partial charge on any atom is 0.308 e. The number of hydrogen-bond donors (Lipinski definition) is 3. The number of hydrogen-bond acceptors (Lipinski definition) is 4. The smallest absolute Gasteiger partial charge is 0.308 e. The number of carboxylic acid groups (broad SMARTS) is 1. The Labute approximate surface area is 83.1 Å². The quantitative estimate of drug-likeness (QED) is 0.539. The molecule has 0 radical (unpaired) electrons. The monoisotopic (exact) mass is 203 g/mol. The van der Waals surface area contributed by atoms with Gasteiger partial charge in [0.1, 0.15) is 0 Å². The lowest BCUT2D eigenvalue weighted by molar-refractivity contribution is -0.146. The van der Waals surface area contributed by atoms with Crippen molar-refractivity contribution in [2.24, 2.45) is 5.92 Å². The summed E-state index contributed by atoms with van der Waals surface area (Å²) in [6, 6.07) is -0.174. The summed E-state index contributed by atoms with van der Waals surface area (Å²) in [4.78, 5) is 10.7. The van der Waals surface area contributed by atoms with E-state index in [0.717, 1.165) is 12.8 Å². The van der Waals surface area contributed by atoms with Crippen molar-refractivity contribution in [2.75, 3.05) is 20.3 Å². The molecule has 0 aliphatic heterocycles. The summed E-state index contributed by atoms with van der Waals surface area (Å²) in [5, 5.41) is 20.8. The molecule has 1 saturated carbocycles. The maximum absolute atomic E-state index is 10.7. The highest BCUT2D eigenvalue weighted by Crippen LogP contribution is 2.27. The van der Waals surface area contributed by atoms with Crippen LogP contribution in [0.4, 0.5) is 0 Å². The number of nitrogens with one attached hydrogen (secondary N) is 1. The normalized spacial score (nSPS) is 28.1. The van der Waals surface area contributed by atoms with Crippen molar-refractivity contribution in [3.8, 4) is 0 Å². The molecule has 1 aliphatic rings. The van der Waals surface area contributed by atoms with Crippen molar-refractivity contribution in [1.29, 1.82) is 0 Å². The van der Waals surface area contributed by atoms with Crippen LogP contribution in [-0.4, -0.2) is 48.6 Å². The van der Waals surface area contributed by atoms with Crippen LogP contribution in [0.2, 0.25) is 0 Å². The van der Waals surface area contributed by atoms with E-state index in [1.165, 1.54) is 0 Å². The van der Waals surface area contributed by atoms with Gasteiger partial charge < -0.3 is 20.3 Å². The topological polar surface area (TPSA) is 78.8 Å². The van der Waals surface area contributed by atoms with Crippen molar-refractivity contribution in [3.05, 3.63) is 0 Å². The molecule has 0 bridgehead atoms. The number of rotatable bonds is 6. The molecule has 1 rings (SSSR count). The Hall–Kier alpha value is -0.650. The molecule has 3 unspecified atom stereocenters. The van der Waals surface area contributed by atoms with Crippen LogP contribution in [0.5, 0.6) is 0 Å². The van der Waals surface area contributed by atoms with Gasteiger partial charge in [-0.25, -0.2) is 0 Å². The second kappa shape index (κ2) is 5.29. The minimum absolute atomic E-state index is 0.0141. The Bertz CT molecular complexity index is 197. The number of aliphatic carboxylic acids is 1. The minimum atomic E-state index is -0.761. The third-order valence-electron chi connectivity index (χ3n) is 2.63. The number of methoxy groups -OCH3 is 1. The zero-order valence-corrected chi connectivity index (χ0v) is 8.27. The lowest BCUT2D eigenvalue weighted by atomic mass is 9.79. The van der Waals surface area contributed by atoms with Crippen molar-refractivity contribution in [2.45, 2.75) is 24.9 Å². The minimum Gasteiger partial charge on any atom is -0.481 e. The standard InChI is InChI=1S/C9H17NO4/c1-14-5-6(4-11)10-8-3-2-7(8)9(12)13/h6-8,10-11H,2-5H2,1H3,(H,12,13). The second-order valence-corrected chi connectivity index (χ2v) is 3.63. The molecule has 3 atom stereocenters. The third-order valence-corrected chi connectivity index (χ3v) is 2.63. The van der Waals surface area contributed by atoms with E-state index < -0.39 is 5.97 Å². The first-order valence-electron chi connectivity index (χ1n) is 4.77. The highest BCUT2D eigenvalue weighted by molar-refractivity contribution is 5.72. The molecule has 0 amide bonds. The summed E-state index contributed by atoms with van der Waals surface area (Å²) in [6.07, 6.45) is 1.58. The molecule has 5 nitrogen and oxygen atoms in total. The van der Waals surface area contributed by atoms with Crippen LogP contribution in [0, 0.1) is 5.92 Å². The van der Waals surface area contributed by atoms with Gasteiger partial charge in [-0.1, -0.05) is 0 Å². The third kappa shape index (κ3) is 2.67. The van der Waals surface area contributed by atoms with E-state index in [1.54, 1.807) is 7.11 Å². The molecular formula is C9H17NO4. The fourth-order valence-corrected chi connectivity index (χ4v) is 1.65. The Morgan fingerprint density at radius 1 is 1.64 bits per heavy atom. The zero-order valence-electron chi connectivity index (χ0n) is 8.27. The van der Waals surface area contributed by atoms with E-state index in [2.05, 4.69) is 5.32 Å². The van der Waals surface area contributed by atoms with Crippen LogP contribution in [0.15, 0.2) is 0 Å². The highest BCUT2D eigenvalue weighted by Gasteiger charge is 2.37. The van der Waals surface area contributed by atoms with Crippen LogP contribution in [-0.2, 0) is 9.53 Å². The summed E-state index contributed by atoms with van der Waals surface area (Å²) in [7, 11) is 1.56. The number of aliphatic hydroxyl groups is 1. The number of carboxylic acids is 1. The van der Waals surface area contributed by atoms with Gasteiger partial charge in [0.05, 0.1) is 25.2 Å². The average Bonchev–Trinajstić information content (AvgIpc) is 2.09. The fraction of sp³-hybridized carbons (Fsp3) is 0.889. The molecule has 0 aromatic rings. The van der Waals surface area contributed by atoms with Crippen molar-refractivity contribution in [1.82, 2.24) is 5.32 Å². The maximum atomic E-state index is 10.7. The molecule has 0 aromatic heterocycles.